The monoisotopic (exact) mass is 304 g/mol. The Morgan fingerprint density at radius 2 is 2.45 bits per heavy atom. The van der Waals surface area contributed by atoms with Gasteiger partial charge >= 0.3 is 0 Å². The van der Waals surface area contributed by atoms with Gasteiger partial charge in [-0.05, 0) is 19.4 Å². The highest BCUT2D eigenvalue weighted by molar-refractivity contribution is 5.76. The Morgan fingerprint density at radius 1 is 1.55 bits per heavy atom. The first-order valence-electron chi connectivity index (χ1n) is 7.48. The molecule has 0 aliphatic carbocycles. The normalized spacial score (nSPS) is 18.6. The van der Waals surface area contributed by atoms with Crippen molar-refractivity contribution in [2.45, 2.75) is 32.4 Å². The van der Waals surface area contributed by atoms with E-state index in [2.05, 4.69) is 20.3 Å². The third-order valence-corrected chi connectivity index (χ3v) is 3.66. The first-order chi connectivity index (χ1) is 10.7. The standard InChI is InChI=1S/C14H20N6O2/c1-11-16-14(18-17-11)12-10-19(8-9-22-12)13(21)4-2-6-20-7-3-5-15-20/h3,5,7,12H,2,4,6,8-10H2,1H3,(H,16,17,18)/t12-/m1/s1. The lowest BCUT2D eigenvalue weighted by atomic mass is 10.2. The number of aromatic nitrogens is 5. The minimum atomic E-state index is -0.242. The highest BCUT2D eigenvalue weighted by Crippen LogP contribution is 2.19. The molecule has 2 aromatic rings. The Bertz CT molecular complexity index is 609. The molecular weight excluding hydrogens is 284 g/mol. The van der Waals surface area contributed by atoms with E-state index in [0.717, 1.165) is 18.8 Å². The Hall–Kier alpha value is -2.22. The Morgan fingerprint density at radius 3 is 3.18 bits per heavy atom. The number of H-pyrrole nitrogens is 1. The van der Waals surface area contributed by atoms with Crippen molar-refractivity contribution in [3.63, 3.8) is 0 Å². The quantitative estimate of drug-likeness (QED) is 0.878. The number of aryl methyl sites for hydroxylation is 2. The summed E-state index contributed by atoms with van der Waals surface area (Å²) in [5.41, 5.74) is 0. The molecule has 8 nitrogen and oxygen atoms in total. The lowest BCUT2D eigenvalue weighted by Crippen LogP contribution is -2.42. The molecule has 0 radical (unpaired) electrons. The summed E-state index contributed by atoms with van der Waals surface area (Å²) in [5, 5.41) is 11.1. The van der Waals surface area contributed by atoms with E-state index in [1.807, 2.05) is 28.8 Å². The summed E-state index contributed by atoms with van der Waals surface area (Å²) >= 11 is 0. The molecular formula is C14H20N6O2. The van der Waals surface area contributed by atoms with Gasteiger partial charge in [-0.15, -0.1) is 0 Å². The van der Waals surface area contributed by atoms with Gasteiger partial charge in [-0.25, -0.2) is 4.98 Å². The molecule has 1 aliphatic rings. The largest absolute Gasteiger partial charge is 0.366 e. The van der Waals surface area contributed by atoms with Gasteiger partial charge in [-0.3, -0.25) is 14.6 Å². The summed E-state index contributed by atoms with van der Waals surface area (Å²) in [7, 11) is 0. The lowest BCUT2D eigenvalue weighted by Gasteiger charge is -2.31. The van der Waals surface area contributed by atoms with E-state index in [-0.39, 0.29) is 12.0 Å². The Balaban J connectivity index is 1.49. The number of carbonyl (C=O) groups excluding carboxylic acids is 1. The molecule has 1 saturated heterocycles. The minimum absolute atomic E-state index is 0.146. The summed E-state index contributed by atoms with van der Waals surface area (Å²) in [4.78, 5) is 18.4. The molecule has 1 fully saturated rings. The van der Waals surface area contributed by atoms with Crippen molar-refractivity contribution in [3.05, 3.63) is 30.1 Å². The van der Waals surface area contributed by atoms with Crippen LogP contribution in [0.1, 0.15) is 30.6 Å². The number of morpholine rings is 1. The molecule has 2 aromatic heterocycles. The van der Waals surface area contributed by atoms with Crippen molar-refractivity contribution >= 4 is 5.91 Å². The Kier molecular flexibility index (Phi) is 4.47. The van der Waals surface area contributed by atoms with Crippen molar-refractivity contribution in [2.75, 3.05) is 19.7 Å². The maximum absolute atomic E-state index is 12.3. The molecule has 1 aliphatic heterocycles. The van der Waals surface area contributed by atoms with E-state index in [9.17, 15) is 4.79 Å². The van der Waals surface area contributed by atoms with Gasteiger partial charge in [0.2, 0.25) is 5.91 Å². The minimum Gasteiger partial charge on any atom is -0.366 e. The second-order valence-corrected chi connectivity index (χ2v) is 5.35. The van der Waals surface area contributed by atoms with Crippen LogP contribution in [0.15, 0.2) is 18.5 Å². The van der Waals surface area contributed by atoms with Gasteiger partial charge in [-0.1, -0.05) is 0 Å². The van der Waals surface area contributed by atoms with Gasteiger partial charge in [0.15, 0.2) is 5.82 Å². The second-order valence-electron chi connectivity index (χ2n) is 5.35. The average Bonchev–Trinajstić information content (AvgIpc) is 3.19. The summed E-state index contributed by atoms with van der Waals surface area (Å²) in [5.74, 6) is 1.51. The van der Waals surface area contributed by atoms with Crippen LogP contribution in [0.5, 0.6) is 0 Å². The molecule has 3 heterocycles. The van der Waals surface area contributed by atoms with E-state index < -0.39 is 0 Å². The summed E-state index contributed by atoms with van der Waals surface area (Å²) in [6.07, 6.45) is 4.70. The SMILES string of the molecule is Cc1nc([C@H]2CN(C(=O)CCCn3cccn3)CCO2)n[nH]1. The fourth-order valence-electron chi connectivity index (χ4n) is 2.52. The van der Waals surface area contributed by atoms with Crippen LogP contribution in [0.4, 0.5) is 0 Å². The number of nitrogens with one attached hydrogen (secondary N) is 1. The number of carbonyl (C=O) groups is 1. The molecule has 1 N–H and O–H groups in total. The van der Waals surface area contributed by atoms with Crippen LogP contribution in [-0.4, -0.2) is 55.5 Å². The van der Waals surface area contributed by atoms with Gasteiger partial charge in [0.1, 0.15) is 11.9 Å². The van der Waals surface area contributed by atoms with E-state index >= 15 is 0 Å². The van der Waals surface area contributed by atoms with Gasteiger partial charge in [0.05, 0.1) is 13.2 Å². The highest BCUT2D eigenvalue weighted by Gasteiger charge is 2.27. The smallest absolute Gasteiger partial charge is 0.222 e. The molecule has 8 heteroatoms. The summed E-state index contributed by atoms with van der Waals surface area (Å²) < 4.78 is 7.51. The number of amides is 1. The van der Waals surface area contributed by atoms with Gasteiger partial charge < -0.3 is 9.64 Å². The predicted octanol–water partition coefficient (Wildman–Crippen LogP) is 0.690. The van der Waals surface area contributed by atoms with Crippen LogP contribution in [0.25, 0.3) is 0 Å². The van der Waals surface area contributed by atoms with Crippen molar-refractivity contribution in [2.24, 2.45) is 0 Å². The molecule has 118 valence electrons. The van der Waals surface area contributed by atoms with Crippen LogP contribution < -0.4 is 0 Å². The first-order valence-corrected chi connectivity index (χ1v) is 7.48. The van der Waals surface area contributed by atoms with Crippen molar-refractivity contribution < 1.29 is 9.53 Å². The molecule has 0 spiro atoms. The molecule has 0 bridgehead atoms. The zero-order valence-electron chi connectivity index (χ0n) is 12.6. The van der Waals surface area contributed by atoms with E-state index in [1.165, 1.54) is 0 Å². The van der Waals surface area contributed by atoms with E-state index in [1.54, 1.807) is 6.20 Å². The van der Waals surface area contributed by atoms with Crippen LogP contribution in [0.2, 0.25) is 0 Å². The number of aromatic amines is 1. The molecule has 0 saturated carbocycles. The fourth-order valence-corrected chi connectivity index (χ4v) is 2.52. The lowest BCUT2D eigenvalue weighted by molar-refractivity contribution is -0.139. The molecule has 1 amide bonds. The molecule has 3 rings (SSSR count). The zero-order valence-corrected chi connectivity index (χ0v) is 12.6. The van der Waals surface area contributed by atoms with Crippen LogP contribution in [0.3, 0.4) is 0 Å². The van der Waals surface area contributed by atoms with Gasteiger partial charge in [-0.2, -0.15) is 10.2 Å². The maximum Gasteiger partial charge on any atom is 0.222 e. The molecule has 1 atom stereocenters. The number of ether oxygens (including phenoxy) is 1. The summed E-state index contributed by atoms with van der Waals surface area (Å²) in [6, 6.07) is 1.88. The first kappa shape index (κ1) is 14.7. The Labute approximate surface area is 128 Å². The second kappa shape index (κ2) is 6.69. The van der Waals surface area contributed by atoms with Crippen LogP contribution in [0, 0.1) is 6.92 Å². The number of rotatable bonds is 5. The average molecular weight is 304 g/mol. The fraction of sp³-hybridized carbons (Fsp3) is 0.571. The molecule has 22 heavy (non-hydrogen) atoms. The van der Waals surface area contributed by atoms with Gasteiger partial charge in [0.25, 0.3) is 0 Å². The number of nitrogens with zero attached hydrogens (tertiary/aromatic N) is 5. The van der Waals surface area contributed by atoms with Gasteiger partial charge in [0, 0.05) is 31.9 Å². The maximum atomic E-state index is 12.3. The van der Waals surface area contributed by atoms with E-state index in [4.69, 9.17) is 4.74 Å². The van der Waals surface area contributed by atoms with Crippen molar-refractivity contribution in [3.8, 4) is 0 Å². The van der Waals surface area contributed by atoms with E-state index in [0.29, 0.717) is 31.9 Å². The predicted molar refractivity (Wildman–Crippen MR) is 77.9 cm³/mol. The van der Waals surface area contributed by atoms with Crippen LogP contribution in [-0.2, 0) is 16.1 Å². The third kappa shape index (κ3) is 3.51. The van der Waals surface area contributed by atoms with Crippen molar-refractivity contribution in [1.82, 2.24) is 29.9 Å². The summed E-state index contributed by atoms with van der Waals surface area (Å²) in [6.45, 7) is 4.26. The van der Waals surface area contributed by atoms with Crippen LogP contribution >= 0.6 is 0 Å². The number of hydrogen-bond acceptors (Lipinski definition) is 5. The van der Waals surface area contributed by atoms with Crippen molar-refractivity contribution in [1.29, 1.82) is 0 Å². The zero-order chi connectivity index (χ0) is 15.4. The molecule has 0 aromatic carbocycles. The number of hydrogen-bond donors (Lipinski definition) is 1. The topological polar surface area (TPSA) is 88.9 Å². The highest BCUT2D eigenvalue weighted by atomic mass is 16.5. The third-order valence-electron chi connectivity index (χ3n) is 3.66. The molecule has 0 unspecified atom stereocenters.